The second-order valence-corrected chi connectivity index (χ2v) is 5.02. The molecule has 5 nitrogen and oxygen atoms in total. The van der Waals surface area contributed by atoms with Crippen LogP contribution in [0.25, 0.3) is 0 Å². The van der Waals surface area contributed by atoms with Crippen molar-refractivity contribution in [2.45, 2.75) is 18.9 Å². The predicted molar refractivity (Wildman–Crippen MR) is 80.0 cm³/mol. The zero-order chi connectivity index (χ0) is 14.9. The molecule has 1 heterocycles. The number of para-hydroxylation sites is 1. The van der Waals surface area contributed by atoms with Crippen molar-refractivity contribution in [1.82, 2.24) is 5.32 Å². The van der Waals surface area contributed by atoms with Crippen LogP contribution in [0.5, 0.6) is 5.75 Å². The first kappa shape index (κ1) is 15.9. The minimum atomic E-state index is -0.0402. The number of ether oxygens (including phenoxy) is 3. The van der Waals surface area contributed by atoms with Crippen LogP contribution in [0.3, 0.4) is 0 Å². The van der Waals surface area contributed by atoms with Gasteiger partial charge in [-0.25, -0.2) is 0 Å². The molecule has 0 radical (unpaired) electrons. The van der Waals surface area contributed by atoms with Gasteiger partial charge in [0, 0.05) is 7.11 Å². The van der Waals surface area contributed by atoms with Crippen LogP contribution < -0.4 is 10.1 Å². The van der Waals surface area contributed by atoms with E-state index in [-0.39, 0.29) is 18.5 Å². The molecular formula is C16H23NO4. The van der Waals surface area contributed by atoms with E-state index in [1.165, 1.54) is 0 Å². The highest BCUT2D eigenvalue weighted by atomic mass is 16.5. The van der Waals surface area contributed by atoms with Crippen LogP contribution in [-0.2, 0) is 9.47 Å². The highest BCUT2D eigenvalue weighted by molar-refractivity contribution is 5.99. The van der Waals surface area contributed by atoms with E-state index < -0.39 is 0 Å². The van der Waals surface area contributed by atoms with Gasteiger partial charge in [-0.2, -0.15) is 0 Å². The maximum atomic E-state index is 12.3. The van der Waals surface area contributed by atoms with Gasteiger partial charge in [0.05, 0.1) is 18.3 Å². The Balaban J connectivity index is 1.88. The summed E-state index contributed by atoms with van der Waals surface area (Å²) in [5.74, 6) is 0.551. The quantitative estimate of drug-likeness (QED) is 0.583. The molecule has 1 aromatic carbocycles. The van der Waals surface area contributed by atoms with Gasteiger partial charge in [-0.05, 0) is 38.1 Å². The molecule has 1 aromatic rings. The molecule has 0 amide bonds. The SMILES string of the molecule is COCCOc1ccccc1C(=O)COC1CCNCC1. The molecule has 21 heavy (non-hydrogen) atoms. The zero-order valence-electron chi connectivity index (χ0n) is 12.5. The Morgan fingerprint density at radius 3 is 2.76 bits per heavy atom. The molecular weight excluding hydrogens is 270 g/mol. The number of hydrogen-bond donors (Lipinski definition) is 1. The van der Waals surface area contributed by atoms with Crippen molar-refractivity contribution in [3.8, 4) is 5.75 Å². The molecule has 0 saturated carbocycles. The van der Waals surface area contributed by atoms with Crippen molar-refractivity contribution in [1.29, 1.82) is 0 Å². The lowest BCUT2D eigenvalue weighted by molar-refractivity contribution is 0.0315. The molecule has 0 atom stereocenters. The third-order valence-corrected chi connectivity index (χ3v) is 3.47. The zero-order valence-corrected chi connectivity index (χ0v) is 12.5. The molecule has 1 fully saturated rings. The number of rotatable bonds is 8. The van der Waals surface area contributed by atoms with Gasteiger partial charge in [-0.15, -0.1) is 0 Å². The minimum absolute atomic E-state index is 0.0402. The average Bonchev–Trinajstić information content (AvgIpc) is 2.54. The summed E-state index contributed by atoms with van der Waals surface area (Å²) in [5.41, 5.74) is 0.572. The van der Waals surface area contributed by atoms with Crippen LogP contribution in [0.4, 0.5) is 0 Å². The van der Waals surface area contributed by atoms with Gasteiger partial charge in [0.2, 0.25) is 0 Å². The number of benzene rings is 1. The van der Waals surface area contributed by atoms with Gasteiger partial charge in [0.15, 0.2) is 5.78 Å². The Kier molecular flexibility index (Phi) is 6.66. The summed E-state index contributed by atoms with van der Waals surface area (Å²) in [6.45, 7) is 2.94. The smallest absolute Gasteiger partial charge is 0.192 e. The summed E-state index contributed by atoms with van der Waals surface area (Å²) in [6, 6.07) is 7.26. The lowest BCUT2D eigenvalue weighted by Crippen LogP contribution is -2.33. The Labute approximate surface area is 125 Å². The van der Waals surface area contributed by atoms with E-state index in [4.69, 9.17) is 14.2 Å². The number of methoxy groups -OCH3 is 1. The first-order chi connectivity index (χ1) is 10.3. The second-order valence-electron chi connectivity index (χ2n) is 5.02. The standard InChI is InChI=1S/C16H23NO4/c1-19-10-11-20-16-5-3-2-4-14(16)15(18)12-21-13-6-8-17-9-7-13/h2-5,13,17H,6-12H2,1H3. The van der Waals surface area contributed by atoms with Crippen LogP contribution in [-0.4, -0.2) is 51.9 Å². The van der Waals surface area contributed by atoms with E-state index in [1.54, 1.807) is 19.2 Å². The van der Waals surface area contributed by atoms with Crippen molar-refractivity contribution >= 4 is 5.78 Å². The monoisotopic (exact) mass is 293 g/mol. The molecule has 0 aliphatic carbocycles. The van der Waals surface area contributed by atoms with Gasteiger partial charge in [0.25, 0.3) is 0 Å². The van der Waals surface area contributed by atoms with Gasteiger partial charge >= 0.3 is 0 Å². The van der Waals surface area contributed by atoms with Crippen molar-refractivity contribution in [3.05, 3.63) is 29.8 Å². The van der Waals surface area contributed by atoms with Crippen molar-refractivity contribution < 1.29 is 19.0 Å². The van der Waals surface area contributed by atoms with Crippen LogP contribution in [0.15, 0.2) is 24.3 Å². The third kappa shape index (κ3) is 5.12. The summed E-state index contributed by atoms with van der Waals surface area (Å²) in [4.78, 5) is 12.3. The molecule has 5 heteroatoms. The number of piperidine rings is 1. The van der Waals surface area contributed by atoms with Crippen molar-refractivity contribution in [2.24, 2.45) is 0 Å². The molecule has 116 valence electrons. The first-order valence-electron chi connectivity index (χ1n) is 7.37. The lowest BCUT2D eigenvalue weighted by atomic mass is 10.1. The van der Waals surface area contributed by atoms with E-state index >= 15 is 0 Å². The molecule has 0 aromatic heterocycles. The van der Waals surface area contributed by atoms with E-state index in [0.29, 0.717) is 24.5 Å². The summed E-state index contributed by atoms with van der Waals surface area (Å²) in [6.07, 6.45) is 2.09. The van der Waals surface area contributed by atoms with Crippen molar-refractivity contribution in [2.75, 3.05) is 40.0 Å². The highest BCUT2D eigenvalue weighted by Gasteiger charge is 2.17. The number of hydrogen-bond acceptors (Lipinski definition) is 5. The van der Waals surface area contributed by atoms with Crippen LogP contribution in [0.1, 0.15) is 23.2 Å². The number of carbonyl (C=O) groups is 1. The predicted octanol–water partition coefficient (Wildman–Crippen LogP) is 1.66. The summed E-state index contributed by atoms with van der Waals surface area (Å²) >= 11 is 0. The third-order valence-electron chi connectivity index (χ3n) is 3.47. The van der Waals surface area contributed by atoms with E-state index in [9.17, 15) is 4.79 Å². The van der Waals surface area contributed by atoms with E-state index in [1.807, 2.05) is 12.1 Å². The molecule has 1 N–H and O–H groups in total. The van der Waals surface area contributed by atoms with Crippen LogP contribution in [0, 0.1) is 0 Å². The summed E-state index contributed by atoms with van der Waals surface area (Å²) in [7, 11) is 1.62. The highest BCUT2D eigenvalue weighted by Crippen LogP contribution is 2.19. The maximum Gasteiger partial charge on any atom is 0.192 e. The number of Topliss-reactive ketones (excluding diaryl/α,β-unsaturated/α-hetero) is 1. The average molecular weight is 293 g/mol. The molecule has 1 aliphatic rings. The molecule has 0 unspecified atom stereocenters. The molecule has 1 aliphatic heterocycles. The van der Waals surface area contributed by atoms with Crippen molar-refractivity contribution in [3.63, 3.8) is 0 Å². The van der Waals surface area contributed by atoms with Crippen LogP contribution in [0.2, 0.25) is 0 Å². The largest absolute Gasteiger partial charge is 0.490 e. The van der Waals surface area contributed by atoms with Gasteiger partial charge in [-0.3, -0.25) is 4.79 Å². The topological polar surface area (TPSA) is 56.8 Å². The number of nitrogens with one attached hydrogen (secondary N) is 1. The van der Waals surface area contributed by atoms with E-state index in [0.717, 1.165) is 25.9 Å². The molecule has 2 rings (SSSR count). The summed E-state index contributed by atoms with van der Waals surface area (Å²) in [5, 5.41) is 3.28. The van der Waals surface area contributed by atoms with E-state index in [2.05, 4.69) is 5.32 Å². The Morgan fingerprint density at radius 1 is 1.24 bits per heavy atom. The Morgan fingerprint density at radius 2 is 2.00 bits per heavy atom. The fourth-order valence-corrected chi connectivity index (χ4v) is 2.29. The summed E-state index contributed by atoms with van der Waals surface area (Å²) < 4.78 is 16.2. The molecule has 1 saturated heterocycles. The maximum absolute atomic E-state index is 12.3. The van der Waals surface area contributed by atoms with Gasteiger partial charge in [0.1, 0.15) is 19.0 Å². The fraction of sp³-hybridized carbons (Fsp3) is 0.562. The van der Waals surface area contributed by atoms with Gasteiger partial charge in [-0.1, -0.05) is 12.1 Å². The Hall–Kier alpha value is -1.43. The Bertz CT molecular complexity index is 444. The van der Waals surface area contributed by atoms with Gasteiger partial charge < -0.3 is 19.5 Å². The molecule has 0 spiro atoms. The lowest BCUT2D eigenvalue weighted by Gasteiger charge is -2.22. The fourth-order valence-electron chi connectivity index (χ4n) is 2.29. The second kappa shape index (κ2) is 8.77. The normalized spacial score (nSPS) is 15.9. The molecule has 0 bridgehead atoms. The number of carbonyl (C=O) groups excluding carboxylic acids is 1. The number of ketones is 1. The van der Waals surface area contributed by atoms with Crippen LogP contribution >= 0.6 is 0 Å². The minimum Gasteiger partial charge on any atom is -0.490 e. The first-order valence-corrected chi connectivity index (χ1v) is 7.37.